The summed E-state index contributed by atoms with van der Waals surface area (Å²) in [4.78, 5) is 26.7. The summed E-state index contributed by atoms with van der Waals surface area (Å²) in [6, 6.07) is 7.59. The smallest absolute Gasteiger partial charge is 0.245 e. The second-order valence-electron chi connectivity index (χ2n) is 6.50. The molecule has 5 nitrogen and oxygen atoms in total. The number of ether oxygens (including phenoxy) is 1. The second-order valence-corrected chi connectivity index (χ2v) is 6.94. The largest absolute Gasteiger partial charge is 0.382 e. The second kappa shape index (κ2) is 9.20. The molecule has 0 aromatic heterocycles. The standard InChI is InChI=1S/C19H27ClN2O3/c1-3-25-14-4-12-21-18(24)19(2)11-9-17(23)22(19)13-10-15-5-7-16(20)8-6-15/h5-8H,3-4,9-14H2,1-2H3,(H,21,24)/t19-/m1/s1. The van der Waals surface area contributed by atoms with Crippen molar-refractivity contribution >= 4 is 23.4 Å². The number of carbonyl (C=O) groups excluding carboxylic acids is 2. The number of likely N-dealkylation sites (tertiary alicyclic amines) is 1. The van der Waals surface area contributed by atoms with Gasteiger partial charge in [0.1, 0.15) is 5.54 Å². The predicted molar refractivity (Wildman–Crippen MR) is 98.6 cm³/mol. The molecule has 0 saturated carbocycles. The van der Waals surface area contributed by atoms with Crippen LogP contribution in [0.25, 0.3) is 0 Å². The average Bonchev–Trinajstić information content (AvgIpc) is 2.90. The molecule has 0 spiro atoms. The first kappa shape index (κ1) is 19.7. The van der Waals surface area contributed by atoms with Crippen molar-refractivity contribution in [3.63, 3.8) is 0 Å². The van der Waals surface area contributed by atoms with E-state index in [1.165, 1.54) is 0 Å². The SMILES string of the molecule is CCOCCCNC(=O)[C@@]1(C)CCC(=O)N1CCc1ccc(Cl)cc1. The summed E-state index contributed by atoms with van der Waals surface area (Å²) in [5.74, 6) is -0.0353. The Hall–Kier alpha value is -1.59. The molecule has 0 aliphatic carbocycles. The van der Waals surface area contributed by atoms with Gasteiger partial charge in [0.2, 0.25) is 11.8 Å². The van der Waals surface area contributed by atoms with Gasteiger partial charge in [-0.3, -0.25) is 9.59 Å². The summed E-state index contributed by atoms with van der Waals surface area (Å²) >= 11 is 5.90. The summed E-state index contributed by atoms with van der Waals surface area (Å²) < 4.78 is 5.27. The van der Waals surface area contributed by atoms with Crippen LogP contribution < -0.4 is 5.32 Å². The highest BCUT2D eigenvalue weighted by molar-refractivity contribution is 6.30. The lowest BCUT2D eigenvalue weighted by Crippen LogP contribution is -2.55. The van der Waals surface area contributed by atoms with Crippen LogP contribution in [0.15, 0.2) is 24.3 Å². The fourth-order valence-electron chi connectivity index (χ4n) is 3.11. The molecular formula is C19H27ClN2O3. The van der Waals surface area contributed by atoms with E-state index in [9.17, 15) is 9.59 Å². The first-order chi connectivity index (χ1) is 12.0. The van der Waals surface area contributed by atoms with Crippen LogP contribution in [-0.4, -0.2) is 48.6 Å². The fraction of sp³-hybridized carbons (Fsp3) is 0.579. The topological polar surface area (TPSA) is 58.6 Å². The Balaban J connectivity index is 1.91. The number of carbonyl (C=O) groups is 2. The Kier molecular flexibility index (Phi) is 7.26. The number of nitrogens with one attached hydrogen (secondary N) is 1. The quantitative estimate of drug-likeness (QED) is 0.684. The lowest BCUT2D eigenvalue weighted by atomic mass is 9.97. The highest BCUT2D eigenvalue weighted by Gasteiger charge is 2.46. The van der Waals surface area contributed by atoms with E-state index in [1.807, 2.05) is 38.1 Å². The molecule has 1 N–H and O–H groups in total. The molecule has 0 radical (unpaired) electrons. The maximum atomic E-state index is 12.6. The van der Waals surface area contributed by atoms with Crippen molar-refractivity contribution in [3.05, 3.63) is 34.9 Å². The third-order valence-electron chi connectivity index (χ3n) is 4.70. The molecule has 138 valence electrons. The zero-order valence-electron chi connectivity index (χ0n) is 15.0. The molecule has 1 heterocycles. The lowest BCUT2D eigenvalue weighted by Gasteiger charge is -2.34. The Morgan fingerprint density at radius 2 is 2.08 bits per heavy atom. The Bertz CT molecular complexity index is 591. The van der Waals surface area contributed by atoms with Gasteiger partial charge < -0.3 is 15.0 Å². The highest BCUT2D eigenvalue weighted by Crippen LogP contribution is 2.30. The molecule has 1 aliphatic rings. The molecule has 1 fully saturated rings. The van der Waals surface area contributed by atoms with Crippen molar-refractivity contribution in [2.45, 2.75) is 45.1 Å². The van der Waals surface area contributed by atoms with Crippen LogP contribution in [-0.2, 0) is 20.7 Å². The molecule has 2 amide bonds. The van der Waals surface area contributed by atoms with E-state index < -0.39 is 5.54 Å². The Morgan fingerprint density at radius 1 is 1.36 bits per heavy atom. The van der Waals surface area contributed by atoms with Crippen LogP contribution in [0.4, 0.5) is 0 Å². The van der Waals surface area contributed by atoms with Crippen molar-refractivity contribution in [3.8, 4) is 0 Å². The summed E-state index contributed by atoms with van der Waals surface area (Å²) in [5, 5.41) is 3.64. The molecule has 1 atom stereocenters. The Morgan fingerprint density at radius 3 is 2.76 bits per heavy atom. The average molecular weight is 367 g/mol. The maximum absolute atomic E-state index is 12.6. The third kappa shape index (κ3) is 5.19. The molecule has 1 aromatic rings. The molecule has 0 bridgehead atoms. The van der Waals surface area contributed by atoms with Gasteiger partial charge in [-0.15, -0.1) is 0 Å². The zero-order valence-corrected chi connectivity index (χ0v) is 15.8. The van der Waals surface area contributed by atoms with Gasteiger partial charge in [0.25, 0.3) is 0 Å². The van der Waals surface area contributed by atoms with Gasteiger partial charge in [-0.2, -0.15) is 0 Å². The molecular weight excluding hydrogens is 340 g/mol. The summed E-state index contributed by atoms with van der Waals surface area (Å²) in [6.07, 6.45) is 2.46. The minimum atomic E-state index is -0.769. The number of benzene rings is 1. The minimum Gasteiger partial charge on any atom is -0.382 e. The van der Waals surface area contributed by atoms with E-state index in [4.69, 9.17) is 16.3 Å². The van der Waals surface area contributed by atoms with E-state index in [2.05, 4.69) is 5.32 Å². The van der Waals surface area contributed by atoms with Gasteiger partial charge in [-0.25, -0.2) is 0 Å². The Labute approximate surface area is 154 Å². The fourth-order valence-corrected chi connectivity index (χ4v) is 3.23. The van der Waals surface area contributed by atoms with Gasteiger partial charge in [0.15, 0.2) is 0 Å². The van der Waals surface area contributed by atoms with Crippen LogP contribution in [0.5, 0.6) is 0 Å². The van der Waals surface area contributed by atoms with Crippen molar-refractivity contribution in [2.75, 3.05) is 26.3 Å². The molecule has 6 heteroatoms. The molecule has 2 rings (SSSR count). The van der Waals surface area contributed by atoms with Gasteiger partial charge >= 0.3 is 0 Å². The minimum absolute atomic E-state index is 0.0425. The van der Waals surface area contributed by atoms with E-state index in [0.717, 1.165) is 12.0 Å². The monoisotopic (exact) mass is 366 g/mol. The van der Waals surface area contributed by atoms with Crippen LogP contribution >= 0.6 is 11.6 Å². The van der Waals surface area contributed by atoms with Crippen molar-refractivity contribution < 1.29 is 14.3 Å². The summed E-state index contributed by atoms with van der Waals surface area (Å²) in [6.45, 7) is 6.21. The van der Waals surface area contributed by atoms with E-state index in [1.54, 1.807) is 4.90 Å². The van der Waals surface area contributed by atoms with E-state index in [-0.39, 0.29) is 11.8 Å². The maximum Gasteiger partial charge on any atom is 0.245 e. The van der Waals surface area contributed by atoms with Crippen LogP contribution in [0.2, 0.25) is 5.02 Å². The highest BCUT2D eigenvalue weighted by atomic mass is 35.5. The molecule has 1 aliphatic heterocycles. The van der Waals surface area contributed by atoms with Crippen LogP contribution in [0.3, 0.4) is 0 Å². The van der Waals surface area contributed by atoms with Gasteiger partial charge in [0, 0.05) is 37.7 Å². The molecule has 25 heavy (non-hydrogen) atoms. The van der Waals surface area contributed by atoms with Crippen molar-refractivity contribution in [1.29, 1.82) is 0 Å². The van der Waals surface area contributed by atoms with Gasteiger partial charge in [0.05, 0.1) is 0 Å². The number of amides is 2. The number of hydrogen-bond donors (Lipinski definition) is 1. The molecule has 1 aromatic carbocycles. The first-order valence-electron chi connectivity index (χ1n) is 8.88. The first-order valence-corrected chi connectivity index (χ1v) is 9.26. The number of nitrogens with zero attached hydrogens (tertiary/aromatic N) is 1. The van der Waals surface area contributed by atoms with Crippen molar-refractivity contribution in [1.82, 2.24) is 10.2 Å². The third-order valence-corrected chi connectivity index (χ3v) is 4.96. The van der Waals surface area contributed by atoms with Crippen LogP contribution in [0.1, 0.15) is 38.7 Å². The van der Waals surface area contributed by atoms with Gasteiger partial charge in [-0.1, -0.05) is 23.7 Å². The number of halogens is 1. The number of hydrogen-bond acceptors (Lipinski definition) is 3. The molecule has 1 saturated heterocycles. The van der Waals surface area contributed by atoms with Crippen LogP contribution in [0, 0.1) is 0 Å². The van der Waals surface area contributed by atoms with Crippen molar-refractivity contribution in [2.24, 2.45) is 0 Å². The van der Waals surface area contributed by atoms with E-state index in [0.29, 0.717) is 50.6 Å². The summed E-state index contributed by atoms with van der Waals surface area (Å²) in [5.41, 5.74) is 0.332. The predicted octanol–water partition coefficient (Wildman–Crippen LogP) is 2.81. The summed E-state index contributed by atoms with van der Waals surface area (Å²) in [7, 11) is 0. The van der Waals surface area contributed by atoms with E-state index >= 15 is 0 Å². The lowest BCUT2D eigenvalue weighted by molar-refractivity contribution is -0.140. The zero-order chi connectivity index (χ0) is 18.3. The van der Waals surface area contributed by atoms with Gasteiger partial charge in [-0.05, 0) is 50.8 Å². The number of rotatable bonds is 9. The molecule has 0 unspecified atom stereocenters. The normalized spacial score (nSPS) is 20.1.